The van der Waals surface area contributed by atoms with Crippen molar-refractivity contribution in [3.05, 3.63) is 59.3 Å². The van der Waals surface area contributed by atoms with Gasteiger partial charge in [0, 0.05) is 13.1 Å². The smallest absolute Gasteiger partial charge is 0.257 e. The van der Waals surface area contributed by atoms with Crippen molar-refractivity contribution in [3.63, 3.8) is 0 Å². The van der Waals surface area contributed by atoms with E-state index in [-0.39, 0.29) is 5.25 Å². The lowest BCUT2D eigenvalue weighted by Gasteiger charge is -2.28. The number of rotatable bonds is 7. The highest BCUT2D eigenvalue weighted by molar-refractivity contribution is 7.99. The second kappa shape index (κ2) is 9.21. The zero-order valence-corrected chi connectivity index (χ0v) is 18.7. The SMILES string of the molecule is CC(Sc1nnc(N2CCOCC2)n1Cc1ccccc1)c1nnc(-c2cccs2)o1. The lowest BCUT2D eigenvalue weighted by atomic mass is 10.2. The molecule has 1 fully saturated rings. The highest BCUT2D eigenvalue weighted by atomic mass is 32.2. The first-order chi connectivity index (χ1) is 15.3. The number of morpholine rings is 1. The molecule has 0 bridgehead atoms. The van der Waals surface area contributed by atoms with Gasteiger partial charge in [-0.25, -0.2) is 0 Å². The quantitative estimate of drug-likeness (QED) is 0.386. The molecule has 0 amide bonds. The van der Waals surface area contributed by atoms with Gasteiger partial charge in [-0.05, 0) is 23.9 Å². The fourth-order valence-electron chi connectivity index (χ4n) is 3.38. The Morgan fingerprint density at radius 2 is 1.87 bits per heavy atom. The maximum atomic E-state index is 5.93. The molecule has 0 spiro atoms. The zero-order valence-electron chi connectivity index (χ0n) is 17.0. The highest BCUT2D eigenvalue weighted by Gasteiger charge is 2.24. The predicted octanol–water partition coefficient (Wildman–Crippen LogP) is 4.13. The first kappa shape index (κ1) is 20.2. The summed E-state index contributed by atoms with van der Waals surface area (Å²) in [5, 5.41) is 20.3. The molecule has 31 heavy (non-hydrogen) atoms. The van der Waals surface area contributed by atoms with Crippen LogP contribution in [0.25, 0.3) is 10.8 Å². The molecule has 5 rings (SSSR count). The average Bonchev–Trinajstić information content (AvgIpc) is 3.57. The number of ether oxygens (including phenoxy) is 1. The third-order valence-electron chi connectivity index (χ3n) is 4.98. The van der Waals surface area contributed by atoms with Crippen LogP contribution in [0, 0.1) is 0 Å². The third kappa shape index (κ3) is 4.51. The number of aromatic nitrogens is 5. The van der Waals surface area contributed by atoms with Crippen LogP contribution >= 0.6 is 23.1 Å². The molecule has 10 heteroatoms. The minimum absolute atomic E-state index is 0.0579. The van der Waals surface area contributed by atoms with Crippen LogP contribution < -0.4 is 4.90 Å². The van der Waals surface area contributed by atoms with E-state index in [0.29, 0.717) is 31.5 Å². The molecular weight excluding hydrogens is 432 g/mol. The van der Waals surface area contributed by atoms with Crippen LogP contribution in [-0.2, 0) is 11.3 Å². The van der Waals surface area contributed by atoms with Crippen molar-refractivity contribution in [2.24, 2.45) is 0 Å². The van der Waals surface area contributed by atoms with E-state index in [9.17, 15) is 0 Å². The summed E-state index contributed by atoms with van der Waals surface area (Å²) in [6.07, 6.45) is 0. The van der Waals surface area contributed by atoms with Crippen LogP contribution in [0.3, 0.4) is 0 Å². The normalized spacial score (nSPS) is 15.3. The van der Waals surface area contributed by atoms with Crippen LogP contribution in [0.2, 0.25) is 0 Å². The van der Waals surface area contributed by atoms with Crippen molar-refractivity contribution in [3.8, 4) is 10.8 Å². The maximum Gasteiger partial charge on any atom is 0.257 e. The molecule has 8 nitrogen and oxygen atoms in total. The second-order valence-corrected chi connectivity index (χ2v) is 9.39. The lowest BCUT2D eigenvalue weighted by Crippen LogP contribution is -2.38. The molecule has 1 atom stereocenters. The largest absolute Gasteiger partial charge is 0.419 e. The Morgan fingerprint density at radius 3 is 2.65 bits per heavy atom. The van der Waals surface area contributed by atoms with Gasteiger partial charge in [-0.3, -0.25) is 4.57 Å². The number of benzene rings is 1. The molecule has 0 N–H and O–H groups in total. The summed E-state index contributed by atoms with van der Waals surface area (Å²) >= 11 is 3.16. The summed E-state index contributed by atoms with van der Waals surface area (Å²) in [6.45, 7) is 5.75. The monoisotopic (exact) mass is 454 g/mol. The number of thiophene rings is 1. The van der Waals surface area contributed by atoms with E-state index < -0.39 is 0 Å². The van der Waals surface area contributed by atoms with Gasteiger partial charge in [0.15, 0.2) is 5.16 Å². The fraction of sp³-hybridized carbons (Fsp3) is 0.333. The van der Waals surface area contributed by atoms with Crippen molar-refractivity contribution >= 4 is 29.0 Å². The average molecular weight is 455 g/mol. The minimum Gasteiger partial charge on any atom is -0.419 e. The lowest BCUT2D eigenvalue weighted by molar-refractivity contribution is 0.121. The predicted molar refractivity (Wildman–Crippen MR) is 120 cm³/mol. The van der Waals surface area contributed by atoms with E-state index in [4.69, 9.17) is 9.15 Å². The van der Waals surface area contributed by atoms with Gasteiger partial charge in [-0.2, -0.15) is 0 Å². The summed E-state index contributed by atoms with van der Waals surface area (Å²) in [6, 6.07) is 14.3. The number of hydrogen-bond acceptors (Lipinski definition) is 9. The zero-order chi connectivity index (χ0) is 21.0. The Hall–Kier alpha value is -2.69. The first-order valence-electron chi connectivity index (χ1n) is 10.1. The molecule has 1 aliphatic heterocycles. The third-order valence-corrected chi connectivity index (χ3v) is 6.90. The van der Waals surface area contributed by atoms with E-state index in [1.54, 1.807) is 23.1 Å². The van der Waals surface area contributed by atoms with E-state index in [2.05, 4.69) is 42.0 Å². The van der Waals surface area contributed by atoms with E-state index >= 15 is 0 Å². The van der Waals surface area contributed by atoms with E-state index in [1.165, 1.54) is 5.56 Å². The molecule has 1 saturated heterocycles. The van der Waals surface area contributed by atoms with Crippen LogP contribution in [-0.4, -0.2) is 51.3 Å². The molecule has 4 aromatic rings. The number of nitrogens with zero attached hydrogens (tertiary/aromatic N) is 6. The summed E-state index contributed by atoms with van der Waals surface area (Å²) in [5.74, 6) is 2.00. The van der Waals surface area contributed by atoms with Gasteiger partial charge in [0.05, 0.1) is 29.9 Å². The van der Waals surface area contributed by atoms with Crippen molar-refractivity contribution in [1.82, 2.24) is 25.0 Å². The standard InChI is InChI=1S/C21H22N6O2S2/c1-15(18-22-23-19(29-18)17-8-5-13-30-17)31-21-25-24-20(26-9-11-28-12-10-26)27(21)14-16-6-3-2-4-7-16/h2-8,13,15H,9-12,14H2,1H3. The molecule has 0 aliphatic carbocycles. The molecule has 0 saturated carbocycles. The minimum atomic E-state index is -0.0579. The Labute approximate surface area is 188 Å². The van der Waals surface area contributed by atoms with Gasteiger partial charge < -0.3 is 14.1 Å². The summed E-state index contributed by atoms with van der Waals surface area (Å²) in [4.78, 5) is 3.20. The Kier molecular flexibility index (Phi) is 6.01. The topological polar surface area (TPSA) is 82.1 Å². The second-order valence-electron chi connectivity index (χ2n) is 7.14. The van der Waals surface area contributed by atoms with Gasteiger partial charge in [0.25, 0.3) is 5.89 Å². The summed E-state index contributed by atoms with van der Waals surface area (Å²) in [5.41, 5.74) is 1.20. The number of anilines is 1. The number of hydrogen-bond donors (Lipinski definition) is 0. The maximum absolute atomic E-state index is 5.93. The Morgan fingerprint density at radius 1 is 1.03 bits per heavy atom. The molecule has 1 aromatic carbocycles. The molecule has 0 radical (unpaired) electrons. The van der Waals surface area contributed by atoms with Crippen LogP contribution in [0.15, 0.2) is 57.4 Å². The molecule has 1 unspecified atom stereocenters. The van der Waals surface area contributed by atoms with Crippen LogP contribution in [0.5, 0.6) is 0 Å². The van der Waals surface area contributed by atoms with Gasteiger partial charge in [0.1, 0.15) is 0 Å². The molecule has 4 heterocycles. The van der Waals surface area contributed by atoms with Crippen molar-refractivity contribution < 1.29 is 9.15 Å². The molecule has 1 aliphatic rings. The summed E-state index contributed by atoms with van der Waals surface area (Å²) in [7, 11) is 0. The van der Waals surface area contributed by atoms with Crippen molar-refractivity contribution in [2.45, 2.75) is 23.9 Å². The molecular formula is C21H22N6O2S2. The van der Waals surface area contributed by atoms with Crippen molar-refractivity contribution in [2.75, 3.05) is 31.2 Å². The van der Waals surface area contributed by atoms with Gasteiger partial charge in [-0.1, -0.05) is 48.2 Å². The van der Waals surface area contributed by atoms with E-state index in [0.717, 1.165) is 29.1 Å². The van der Waals surface area contributed by atoms with Gasteiger partial charge in [-0.15, -0.1) is 31.7 Å². The molecule has 3 aromatic heterocycles. The van der Waals surface area contributed by atoms with Gasteiger partial charge in [0.2, 0.25) is 11.8 Å². The van der Waals surface area contributed by atoms with Crippen LogP contribution in [0.4, 0.5) is 5.95 Å². The van der Waals surface area contributed by atoms with Crippen molar-refractivity contribution in [1.29, 1.82) is 0 Å². The van der Waals surface area contributed by atoms with Gasteiger partial charge >= 0.3 is 0 Å². The Bertz CT molecular complexity index is 1110. The Balaban J connectivity index is 1.40. The number of thioether (sulfide) groups is 1. The molecule has 160 valence electrons. The van der Waals surface area contributed by atoms with E-state index in [1.807, 2.05) is 42.6 Å². The summed E-state index contributed by atoms with van der Waals surface area (Å²) < 4.78 is 13.6. The van der Waals surface area contributed by atoms with Crippen LogP contribution in [0.1, 0.15) is 23.6 Å². The fourth-order valence-corrected chi connectivity index (χ4v) is 4.89. The highest BCUT2D eigenvalue weighted by Crippen LogP contribution is 2.36. The first-order valence-corrected chi connectivity index (χ1v) is 11.9.